The maximum Gasteiger partial charge on any atom is 0.264 e. The highest BCUT2D eigenvalue weighted by molar-refractivity contribution is 7.18. The van der Waals surface area contributed by atoms with Crippen molar-refractivity contribution in [2.75, 3.05) is 31.5 Å². The predicted molar refractivity (Wildman–Crippen MR) is 93.0 cm³/mol. The third kappa shape index (κ3) is 3.77. The Labute approximate surface area is 145 Å². The van der Waals surface area contributed by atoms with Crippen LogP contribution in [0.25, 0.3) is 0 Å². The standard InChI is InChI=1S/C17H23N3O3S/c1-11(2)16(22)19-7-9-20(10-8-19)17(23)13-5-6-14(24-13)18-15(21)12-3-4-12/h5-6,11-12H,3-4,7-10H2,1-2H3,(H,18,21). The number of carbonyl (C=O) groups is 3. The zero-order chi connectivity index (χ0) is 17.3. The maximum absolute atomic E-state index is 12.6. The van der Waals surface area contributed by atoms with Crippen LogP contribution in [-0.4, -0.2) is 53.7 Å². The second-order valence-corrected chi connectivity index (χ2v) is 7.78. The molecule has 1 aromatic heterocycles. The molecule has 0 aromatic carbocycles. The van der Waals surface area contributed by atoms with E-state index in [0.717, 1.165) is 17.8 Å². The van der Waals surface area contributed by atoms with Crippen LogP contribution in [0.1, 0.15) is 36.4 Å². The van der Waals surface area contributed by atoms with Crippen molar-refractivity contribution >= 4 is 34.1 Å². The second kappa shape index (κ2) is 6.93. The third-order valence-electron chi connectivity index (χ3n) is 4.38. The number of piperazine rings is 1. The van der Waals surface area contributed by atoms with Gasteiger partial charge in [-0.3, -0.25) is 14.4 Å². The van der Waals surface area contributed by atoms with Gasteiger partial charge in [0.05, 0.1) is 9.88 Å². The predicted octanol–water partition coefficient (Wildman–Crippen LogP) is 2.04. The minimum atomic E-state index is -0.0245. The van der Waals surface area contributed by atoms with Crippen molar-refractivity contribution < 1.29 is 14.4 Å². The summed E-state index contributed by atoms with van der Waals surface area (Å²) < 4.78 is 0. The second-order valence-electron chi connectivity index (χ2n) is 6.70. The molecule has 2 aliphatic rings. The van der Waals surface area contributed by atoms with Crippen LogP contribution in [0.4, 0.5) is 5.00 Å². The molecule has 0 atom stereocenters. The van der Waals surface area contributed by atoms with E-state index < -0.39 is 0 Å². The summed E-state index contributed by atoms with van der Waals surface area (Å²) in [6.07, 6.45) is 1.92. The number of hydrogen-bond acceptors (Lipinski definition) is 4. The molecular weight excluding hydrogens is 326 g/mol. The Kier molecular flexibility index (Phi) is 4.89. The van der Waals surface area contributed by atoms with E-state index in [0.29, 0.717) is 31.1 Å². The fourth-order valence-electron chi connectivity index (χ4n) is 2.74. The molecule has 2 heterocycles. The number of carbonyl (C=O) groups excluding carboxylic acids is 3. The topological polar surface area (TPSA) is 69.7 Å². The number of anilines is 1. The molecule has 1 aromatic rings. The number of hydrogen-bond donors (Lipinski definition) is 1. The van der Waals surface area contributed by atoms with Gasteiger partial charge in [0, 0.05) is 38.0 Å². The van der Waals surface area contributed by atoms with Gasteiger partial charge in [-0.25, -0.2) is 0 Å². The average molecular weight is 349 g/mol. The van der Waals surface area contributed by atoms with Crippen molar-refractivity contribution in [3.05, 3.63) is 17.0 Å². The van der Waals surface area contributed by atoms with Crippen molar-refractivity contribution in [2.45, 2.75) is 26.7 Å². The van der Waals surface area contributed by atoms with Gasteiger partial charge in [-0.15, -0.1) is 11.3 Å². The smallest absolute Gasteiger partial charge is 0.264 e. The summed E-state index contributed by atoms with van der Waals surface area (Å²) in [7, 11) is 0. The summed E-state index contributed by atoms with van der Waals surface area (Å²) in [5, 5.41) is 3.60. The summed E-state index contributed by atoms with van der Waals surface area (Å²) in [6, 6.07) is 3.55. The molecule has 7 heteroatoms. The minimum absolute atomic E-state index is 0.0119. The molecular formula is C17H23N3O3S. The number of thiophene rings is 1. The Morgan fingerprint density at radius 1 is 1.08 bits per heavy atom. The monoisotopic (exact) mass is 349 g/mol. The molecule has 3 rings (SSSR count). The fraction of sp³-hybridized carbons (Fsp3) is 0.588. The first-order valence-corrected chi connectivity index (χ1v) is 9.26. The quantitative estimate of drug-likeness (QED) is 0.904. The number of nitrogens with one attached hydrogen (secondary N) is 1. The molecule has 6 nitrogen and oxygen atoms in total. The molecule has 0 bridgehead atoms. The Bertz CT molecular complexity index is 643. The van der Waals surface area contributed by atoms with E-state index >= 15 is 0 Å². The van der Waals surface area contributed by atoms with Gasteiger partial charge < -0.3 is 15.1 Å². The van der Waals surface area contributed by atoms with Crippen LogP contribution in [0.3, 0.4) is 0 Å². The highest BCUT2D eigenvalue weighted by atomic mass is 32.1. The molecule has 3 amide bonds. The van der Waals surface area contributed by atoms with Crippen molar-refractivity contribution in [3.63, 3.8) is 0 Å². The first-order chi connectivity index (χ1) is 11.5. The zero-order valence-electron chi connectivity index (χ0n) is 14.1. The molecule has 1 aliphatic carbocycles. The van der Waals surface area contributed by atoms with E-state index in [1.807, 2.05) is 18.7 Å². The van der Waals surface area contributed by atoms with E-state index in [1.54, 1.807) is 17.0 Å². The van der Waals surface area contributed by atoms with E-state index in [-0.39, 0.29) is 29.6 Å². The van der Waals surface area contributed by atoms with Gasteiger partial charge in [0.2, 0.25) is 11.8 Å². The molecule has 1 saturated carbocycles. The molecule has 0 radical (unpaired) electrons. The highest BCUT2D eigenvalue weighted by Gasteiger charge is 2.30. The van der Waals surface area contributed by atoms with Crippen molar-refractivity contribution in [3.8, 4) is 0 Å². The van der Waals surface area contributed by atoms with Gasteiger partial charge in [-0.1, -0.05) is 13.8 Å². The fourth-order valence-corrected chi connectivity index (χ4v) is 3.62. The van der Waals surface area contributed by atoms with E-state index in [4.69, 9.17) is 0 Å². The van der Waals surface area contributed by atoms with Crippen LogP contribution in [0, 0.1) is 11.8 Å². The molecule has 2 fully saturated rings. The molecule has 1 saturated heterocycles. The lowest BCUT2D eigenvalue weighted by Crippen LogP contribution is -2.51. The van der Waals surface area contributed by atoms with Crippen LogP contribution in [0.15, 0.2) is 12.1 Å². The lowest BCUT2D eigenvalue weighted by atomic mass is 10.1. The van der Waals surface area contributed by atoms with Crippen LogP contribution >= 0.6 is 11.3 Å². The largest absolute Gasteiger partial charge is 0.339 e. The van der Waals surface area contributed by atoms with Gasteiger partial charge in [0.25, 0.3) is 5.91 Å². The Morgan fingerprint density at radius 3 is 2.29 bits per heavy atom. The van der Waals surface area contributed by atoms with Crippen molar-refractivity contribution in [1.29, 1.82) is 0 Å². The molecule has 0 spiro atoms. The lowest BCUT2D eigenvalue weighted by molar-refractivity contribution is -0.135. The van der Waals surface area contributed by atoms with Crippen molar-refractivity contribution in [1.82, 2.24) is 9.80 Å². The summed E-state index contributed by atoms with van der Waals surface area (Å²) >= 11 is 1.32. The molecule has 1 N–H and O–H groups in total. The van der Waals surface area contributed by atoms with E-state index in [2.05, 4.69) is 5.32 Å². The van der Waals surface area contributed by atoms with Gasteiger partial charge in [0.15, 0.2) is 0 Å². The normalized spacial score (nSPS) is 18.0. The first-order valence-electron chi connectivity index (χ1n) is 8.44. The molecule has 130 valence electrons. The third-order valence-corrected chi connectivity index (χ3v) is 5.37. The van der Waals surface area contributed by atoms with E-state index in [9.17, 15) is 14.4 Å². The SMILES string of the molecule is CC(C)C(=O)N1CCN(C(=O)c2ccc(NC(=O)C3CC3)s2)CC1. The molecule has 0 unspecified atom stereocenters. The number of amides is 3. The maximum atomic E-state index is 12.6. The van der Waals surface area contributed by atoms with E-state index in [1.165, 1.54) is 11.3 Å². The van der Waals surface area contributed by atoms with Crippen LogP contribution in [-0.2, 0) is 9.59 Å². The van der Waals surface area contributed by atoms with Crippen LogP contribution < -0.4 is 5.32 Å². The van der Waals surface area contributed by atoms with Gasteiger partial charge in [0.1, 0.15) is 0 Å². The highest BCUT2D eigenvalue weighted by Crippen LogP contribution is 2.32. The average Bonchev–Trinajstić information content (AvgIpc) is 3.34. The van der Waals surface area contributed by atoms with Gasteiger partial charge in [-0.2, -0.15) is 0 Å². The Hall–Kier alpha value is -1.89. The summed E-state index contributed by atoms with van der Waals surface area (Å²) in [6.45, 7) is 6.06. The van der Waals surface area contributed by atoms with Crippen LogP contribution in [0.5, 0.6) is 0 Å². The molecule has 1 aliphatic heterocycles. The number of rotatable bonds is 4. The number of nitrogens with zero attached hydrogens (tertiary/aromatic N) is 2. The first kappa shape index (κ1) is 17.0. The van der Waals surface area contributed by atoms with Gasteiger partial charge in [-0.05, 0) is 25.0 Å². The summed E-state index contributed by atoms with van der Waals surface area (Å²) in [4.78, 5) is 40.6. The van der Waals surface area contributed by atoms with Crippen LogP contribution in [0.2, 0.25) is 0 Å². The Morgan fingerprint density at radius 2 is 1.71 bits per heavy atom. The summed E-state index contributed by atoms with van der Waals surface area (Å²) in [5.74, 6) is 0.309. The summed E-state index contributed by atoms with van der Waals surface area (Å²) in [5.41, 5.74) is 0. The molecule has 24 heavy (non-hydrogen) atoms. The minimum Gasteiger partial charge on any atom is -0.339 e. The van der Waals surface area contributed by atoms with Gasteiger partial charge >= 0.3 is 0 Å². The Balaban J connectivity index is 1.54. The lowest BCUT2D eigenvalue weighted by Gasteiger charge is -2.35. The van der Waals surface area contributed by atoms with Crippen molar-refractivity contribution in [2.24, 2.45) is 11.8 Å². The zero-order valence-corrected chi connectivity index (χ0v) is 14.9.